The van der Waals surface area contributed by atoms with Crippen LogP contribution in [0.4, 0.5) is 0 Å². The molecule has 1 heteroatoms. The average molecular weight is 228 g/mol. The summed E-state index contributed by atoms with van der Waals surface area (Å²) in [5.41, 5.74) is 1.04. The summed E-state index contributed by atoms with van der Waals surface area (Å²) in [4.78, 5) is 11.5. The average Bonchev–Trinajstić information content (AvgIpc) is 2.35. The van der Waals surface area contributed by atoms with Crippen molar-refractivity contribution in [3.05, 3.63) is 35.9 Å². The predicted molar refractivity (Wildman–Crippen MR) is 71.7 cm³/mol. The Morgan fingerprint density at radius 2 is 1.88 bits per heavy atom. The van der Waals surface area contributed by atoms with Gasteiger partial charge in [-0.3, -0.25) is 4.79 Å². The molecule has 1 aromatic carbocycles. The van der Waals surface area contributed by atoms with Gasteiger partial charge in [-0.1, -0.05) is 62.4 Å². The quantitative estimate of drug-likeness (QED) is 0.411. The molecule has 1 nitrogen and oxygen atoms in total. The van der Waals surface area contributed by atoms with Gasteiger partial charge in [-0.05, 0) is 17.9 Å². The van der Waals surface area contributed by atoms with E-state index >= 15 is 0 Å². The summed E-state index contributed by atoms with van der Waals surface area (Å²) < 4.78 is 0. The third-order valence-electron chi connectivity index (χ3n) is 2.59. The lowest BCUT2D eigenvalue weighted by atomic mass is 10.1. The maximum absolute atomic E-state index is 11.5. The fourth-order valence-corrected chi connectivity index (χ4v) is 1.63. The Morgan fingerprint density at radius 3 is 2.59 bits per heavy atom. The summed E-state index contributed by atoms with van der Waals surface area (Å²) in [5.74, 6) is 5.70. The number of rotatable bonds is 6. The van der Waals surface area contributed by atoms with E-state index in [1.807, 2.05) is 30.3 Å². The standard InChI is InChI=1S/C16H20O/c1-2-3-4-5-6-10-13-16(17)14-15-11-8-7-9-12-15/h7-9,11-12H,2-6,14H2,1H3. The summed E-state index contributed by atoms with van der Waals surface area (Å²) in [6.07, 6.45) is 6.11. The molecule has 0 unspecified atom stereocenters. The smallest absolute Gasteiger partial charge is 0.209 e. The third kappa shape index (κ3) is 6.58. The zero-order chi connectivity index (χ0) is 12.3. The zero-order valence-corrected chi connectivity index (χ0v) is 10.5. The first-order chi connectivity index (χ1) is 8.33. The van der Waals surface area contributed by atoms with Crippen LogP contribution in [0.15, 0.2) is 30.3 Å². The minimum atomic E-state index is 0.0201. The van der Waals surface area contributed by atoms with E-state index in [2.05, 4.69) is 18.8 Å². The molecule has 0 N–H and O–H groups in total. The molecule has 90 valence electrons. The normalized spacial score (nSPS) is 9.47. The molecule has 0 aliphatic carbocycles. The van der Waals surface area contributed by atoms with Gasteiger partial charge in [-0.25, -0.2) is 0 Å². The Morgan fingerprint density at radius 1 is 1.12 bits per heavy atom. The summed E-state index contributed by atoms with van der Waals surface area (Å²) in [6, 6.07) is 9.76. The Labute approximate surface area is 104 Å². The maximum Gasteiger partial charge on any atom is 0.209 e. The summed E-state index contributed by atoms with van der Waals surface area (Å²) >= 11 is 0. The molecule has 0 fully saturated rings. The Balaban J connectivity index is 2.23. The first kappa shape index (κ1) is 13.5. The molecule has 0 saturated carbocycles. The number of ketones is 1. The van der Waals surface area contributed by atoms with E-state index in [0.29, 0.717) is 6.42 Å². The van der Waals surface area contributed by atoms with E-state index in [-0.39, 0.29) is 5.78 Å². The van der Waals surface area contributed by atoms with Crippen LogP contribution in [0.2, 0.25) is 0 Å². The molecule has 0 radical (unpaired) electrons. The molecule has 0 spiro atoms. The zero-order valence-electron chi connectivity index (χ0n) is 10.5. The molecule has 0 bridgehead atoms. The van der Waals surface area contributed by atoms with Crippen molar-refractivity contribution in [2.75, 3.05) is 0 Å². The molecular weight excluding hydrogens is 208 g/mol. The van der Waals surface area contributed by atoms with Crippen molar-refractivity contribution >= 4 is 5.78 Å². The molecule has 0 aromatic heterocycles. The van der Waals surface area contributed by atoms with Gasteiger partial charge in [0.2, 0.25) is 5.78 Å². The van der Waals surface area contributed by atoms with Gasteiger partial charge in [0.25, 0.3) is 0 Å². The molecule has 0 aliphatic heterocycles. The van der Waals surface area contributed by atoms with Crippen molar-refractivity contribution in [3.8, 4) is 11.8 Å². The molecule has 1 rings (SSSR count). The van der Waals surface area contributed by atoms with Crippen LogP contribution >= 0.6 is 0 Å². The van der Waals surface area contributed by atoms with Crippen molar-refractivity contribution in [1.29, 1.82) is 0 Å². The molecule has 1 aromatic rings. The van der Waals surface area contributed by atoms with Gasteiger partial charge in [0, 0.05) is 12.8 Å². The van der Waals surface area contributed by atoms with Crippen molar-refractivity contribution in [2.24, 2.45) is 0 Å². The van der Waals surface area contributed by atoms with Crippen LogP contribution in [-0.2, 0) is 11.2 Å². The van der Waals surface area contributed by atoms with Crippen molar-refractivity contribution in [1.82, 2.24) is 0 Å². The monoisotopic (exact) mass is 228 g/mol. The maximum atomic E-state index is 11.5. The van der Waals surface area contributed by atoms with Gasteiger partial charge >= 0.3 is 0 Å². The first-order valence-corrected chi connectivity index (χ1v) is 6.38. The lowest BCUT2D eigenvalue weighted by Gasteiger charge is -1.94. The highest BCUT2D eigenvalue weighted by atomic mass is 16.1. The highest BCUT2D eigenvalue weighted by Crippen LogP contribution is 2.02. The molecule has 0 saturated heterocycles. The fraction of sp³-hybridized carbons (Fsp3) is 0.438. The lowest BCUT2D eigenvalue weighted by molar-refractivity contribution is -0.113. The van der Waals surface area contributed by atoms with E-state index < -0.39 is 0 Å². The van der Waals surface area contributed by atoms with E-state index in [1.165, 1.54) is 19.3 Å². The van der Waals surface area contributed by atoms with Gasteiger partial charge in [0.1, 0.15) is 0 Å². The minimum Gasteiger partial charge on any atom is -0.285 e. The van der Waals surface area contributed by atoms with Crippen LogP contribution in [0.25, 0.3) is 0 Å². The van der Waals surface area contributed by atoms with E-state index in [0.717, 1.165) is 18.4 Å². The number of Topliss-reactive ketones (excluding diaryl/α,β-unsaturated/α-hetero) is 1. The van der Waals surface area contributed by atoms with Crippen LogP contribution < -0.4 is 0 Å². The second-order valence-corrected chi connectivity index (χ2v) is 4.20. The Kier molecular flexibility index (Phi) is 6.82. The summed E-state index contributed by atoms with van der Waals surface area (Å²) in [6.45, 7) is 2.19. The molecule has 0 aliphatic rings. The predicted octanol–water partition coefficient (Wildman–Crippen LogP) is 3.77. The van der Waals surface area contributed by atoms with Gasteiger partial charge in [0.15, 0.2) is 0 Å². The number of carbonyl (C=O) groups excluding carboxylic acids is 1. The minimum absolute atomic E-state index is 0.0201. The number of benzene rings is 1. The third-order valence-corrected chi connectivity index (χ3v) is 2.59. The lowest BCUT2D eigenvalue weighted by Crippen LogP contribution is -1.98. The second kappa shape index (κ2) is 8.58. The Hall–Kier alpha value is -1.55. The van der Waals surface area contributed by atoms with Crippen LogP contribution in [0, 0.1) is 11.8 Å². The van der Waals surface area contributed by atoms with E-state index in [4.69, 9.17) is 0 Å². The Bertz CT molecular complexity index is 381. The fourth-order valence-electron chi connectivity index (χ4n) is 1.63. The molecule has 17 heavy (non-hydrogen) atoms. The largest absolute Gasteiger partial charge is 0.285 e. The summed E-state index contributed by atoms with van der Waals surface area (Å²) in [7, 11) is 0. The number of carbonyl (C=O) groups is 1. The highest BCUT2D eigenvalue weighted by molar-refractivity contribution is 5.96. The van der Waals surface area contributed by atoms with Gasteiger partial charge in [-0.2, -0.15) is 0 Å². The molecule has 0 amide bonds. The van der Waals surface area contributed by atoms with Gasteiger partial charge < -0.3 is 0 Å². The van der Waals surface area contributed by atoms with Crippen molar-refractivity contribution in [3.63, 3.8) is 0 Å². The highest BCUT2D eigenvalue weighted by Gasteiger charge is 1.98. The SMILES string of the molecule is CCCCCCC#CC(=O)Cc1ccccc1. The van der Waals surface area contributed by atoms with Gasteiger partial charge in [0.05, 0.1) is 0 Å². The molecule has 0 atom stereocenters. The van der Waals surface area contributed by atoms with E-state index in [1.54, 1.807) is 0 Å². The van der Waals surface area contributed by atoms with Gasteiger partial charge in [-0.15, -0.1) is 0 Å². The molecule has 0 heterocycles. The number of hydrogen-bond acceptors (Lipinski definition) is 1. The van der Waals surface area contributed by atoms with Crippen LogP contribution in [0.5, 0.6) is 0 Å². The van der Waals surface area contributed by atoms with E-state index in [9.17, 15) is 4.79 Å². The number of hydrogen-bond donors (Lipinski definition) is 0. The first-order valence-electron chi connectivity index (χ1n) is 6.38. The van der Waals surface area contributed by atoms with Crippen molar-refractivity contribution < 1.29 is 4.79 Å². The van der Waals surface area contributed by atoms with Crippen molar-refractivity contribution in [2.45, 2.75) is 45.4 Å². The van der Waals surface area contributed by atoms with Crippen LogP contribution in [0.3, 0.4) is 0 Å². The second-order valence-electron chi connectivity index (χ2n) is 4.20. The van der Waals surface area contributed by atoms with Crippen LogP contribution in [0.1, 0.15) is 44.6 Å². The topological polar surface area (TPSA) is 17.1 Å². The summed E-state index contributed by atoms with van der Waals surface area (Å²) in [5, 5.41) is 0. The van der Waals surface area contributed by atoms with Crippen LogP contribution in [-0.4, -0.2) is 5.78 Å². The molecular formula is C16H20O. The number of unbranched alkanes of at least 4 members (excludes halogenated alkanes) is 4.